The Balaban J connectivity index is 1.52. The van der Waals surface area contributed by atoms with Gasteiger partial charge < -0.3 is 4.74 Å². The largest absolute Gasteiger partial charge is 0.493 e. The number of fused-ring (bicyclic) bond motifs is 1. The number of benzene rings is 1. The lowest BCUT2D eigenvalue weighted by Crippen LogP contribution is -2.26. The first kappa shape index (κ1) is 18.5. The first-order chi connectivity index (χ1) is 12.3. The fraction of sp³-hybridized carbons (Fsp3) is 0.667. The Labute approximate surface area is 154 Å². The molecule has 1 atom stereocenters. The van der Waals surface area contributed by atoms with Crippen molar-refractivity contribution < 1.29 is 4.74 Å². The van der Waals surface area contributed by atoms with Gasteiger partial charge in [-0.25, -0.2) is 0 Å². The van der Waals surface area contributed by atoms with Gasteiger partial charge in [0.1, 0.15) is 5.75 Å². The summed E-state index contributed by atoms with van der Waals surface area (Å²) in [5.74, 6) is 4.00. The Morgan fingerprint density at radius 1 is 1.04 bits per heavy atom. The zero-order valence-electron chi connectivity index (χ0n) is 16.3. The van der Waals surface area contributed by atoms with Crippen LogP contribution in [0.1, 0.15) is 76.3 Å². The van der Waals surface area contributed by atoms with Gasteiger partial charge in [-0.05, 0) is 86.5 Å². The molecule has 0 aliphatic heterocycles. The van der Waals surface area contributed by atoms with Crippen molar-refractivity contribution in [3.63, 3.8) is 0 Å². The number of hydrogen-bond donors (Lipinski definition) is 0. The molecule has 1 saturated carbocycles. The molecule has 0 radical (unpaired) electrons. The van der Waals surface area contributed by atoms with Crippen LogP contribution in [0.4, 0.5) is 0 Å². The van der Waals surface area contributed by atoms with Gasteiger partial charge in [0.15, 0.2) is 0 Å². The molecule has 2 aliphatic carbocycles. The average Bonchev–Trinajstić information content (AvgIpc) is 2.66. The van der Waals surface area contributed by atoms with Gasteiger partial charge in [-0.3, -0.25) is 0 Å². The summed E-state index contributed by atoms with van der Waals surface area (Å²) in [7, 11) is 0. The van der Waals surface area contributed by atoms with Gasteiger partial charge in [-0.1, -0.05) is 50.8 Å². The highest BCUT2D eigenvalue weighted by Gasteiger charge is 2.29. The van der Waals surface area contributed by atoms with Crippen LogP contribution in [-0.2, 0) is 12.8 Å². The minimum Gasteiger partial charge on any atom is -0.493 e. The Hall–Kier alpha value is -1.24. The van der Waals surface area contributed by atoms with E-state index in [0.717, 1.165) is 36.5 Å². The molecule has 25 heavy (non-hydrogen) atoms. The predicted octanol–water partition coefficient (Wildman–Crippen LogP) is 6.74. The molecule has 1 aromatic carbocycles. The summed E-state index contributed by atoms with van der Waals surface area (Å²) in [6.07, 6.45) is 18.0. The fourth-order valence-corrected chi connectivity index (χ4v) is 5.02. The lowest BCUT2D eigenvalue weighted by Gasteiger charge is -2.36. The maximum atomic E-state index is 5.90. The van der Waals surface area contributed by atoms with Gasteiger partial charge in [0.05, 0.1) is 6.61 Å². The fourth-order valence-electron chi connectivity index (χ4n) is 5.02. The Bertz CT molecular complexity index is 551. The van der Waals surface area contributed by atoms with E-state index in [2.05, 4.69) is 44.2 Å². The number of rotatable bonds is 7. The molecule has 0 spiro atoms. The quantitative estimate of drug-likeness (QED) is 0.394. The summed E-state index contributed by atoms with van der Waals surface area (Å²) in [6, 6.07) is 6.84. The molecule has 3 rings (SSSR count). The van der Waals surface area contributed by atoms with E-state index in [1.807, 2.05) is 0 Å². The monoisotopic (exact) mass is 340 g/mol. The second kappa shape index (κ2) is 9.46. The molecule has 2 aliphatic rings. The normalized spacial score (nSPS) is 26.6. The van der Waals surface area contributed by atoms with Gasteiger partial charge in [0, 0.05) is 0 Å². The first-order valence-electron chi connectivity index (χ1n) is 10.7. The summed E-state index contributed by atoms with van der Waals surface area (Å²) in [4.78, 5) is 0. The highest BCUT2D eigenvalue weighted by atomic mass is 16.5. The molecule has 0 aromatic heterocycles. The van der Waals surface area contributed by atoms with Crippen LogP contribution in [0.15, 0.2) is 30.4 Å². The van der Waals surface area contributed by atoms with Crippen molar-refractivity contribution in [1.29, 1.82) is 0 Å². The van der Waals surface area contributed by atoms with Crippen molar-refractivity contribution in [2.24, 2.45) is 17.8 Å². The first-order valence-corrected chi connectivity index (χ1v) is 10.7. The molecular weight excluding hydrogens is 304 g/mol. The van der Waals surface area contributed by atoms with E-state index in [4.69, 9.17) is 4.74 Å². The predicted molar refractivity (Wildman–Crippen MR) is 107 cm³/mol. The van der Waals surface area contributed by atoms with E-state index in [1.54, 1.807) is 11.1 Å². The summed E-state index contributed by atoms with van der Waals surface area (Å²) < 4.78 is 5.90. The highest BCUT2D eigenvalue weighted by molar-refractivity contribution is 5.37. The Morgan fingerprint density at radius 2 is 1.88 bits per heavy atom. The zero-order valence-corrected chi connectivity index (χ0v) is 16.3. The van der Waals surface area contributed by atoms with E-state index < -0.39 is 0 Å². The summed E-state index contributed by atoms with van der Waals surface area (Å²) in [6.45, 7) is 5.18. The summed E-state index contributed by atoms with van der Waals surface area (Å²) in [5.41, 5.74) is 3.13. The van der Waals surface area contributed by atoms with Crippen LogP contribution in [0.5, 0.6) is 5.75 Å². The van der Waals surface area contributed by atoms with Crippen LogP contribution in [0.3, 0.4) is 0 Å². The summed E-state index contributed by atoms with van der Waals surface area (Å²) >= 11 is 0. The van der Waals surface area contributed by atoms with Crippen LogP contribution in [0, 0.1) is 17.8 Å². The van der Waals surface area contributed by atoms with Crippen molar-refractivity contribution in [3.8, 4) is 5.75 Å². The van der Waals surface area contributed by atoms with Gasteiger partial charge in [-0.15, -0.1) is 0 Å². The molecule has 0 heterocycles. The number of ether oxygens (including phenoxy) is 1. The van der Waals surface area contributed by atoms with Crippen molar-refractivity contribution >= 4 is 0 Å². The molecule has 1 fully saturated rings. The van der Waals surface area contributed by atoms with Crippen molar-refractivity contribution in [2.45, 2.75) is 78.1 Å². The average molecular weight is 341 g/mol. The maximum Gasteiger partial charge on any atom is 0.119 e. The molecule has 1 unspecified atom stereocenters. The minimum absolute atomic E-state index is 0.784. The number of allylic oxidation sites excluding steroid dienone is 1. The van der Waals surface area contributed by atoms with Gasteiger partial charge >= 0.3 is 0 Å². The smallest absolute Gasteiger partial charge is 0.119 e. The van der Waals surface area contributed by atoms with Crippen molar-refractivity contribution in [3.05, 3.63) is 41.5 Å². The Kier molecular flexibility index (Phi) is 7.02. The van der Waals surface area contributed by atoms with E-state index in [-0.39, 0.29) is 0 Å². The highest BCUT2D eigenvalue weighted by Crippen LogP contribution is 2.41. The maximum absolute atomic E-state index is 5.90. The van der Waals surface area contributed by atoms with Gasteiger partial charge in [0.2, 0.25) is 0 Å². The molecule has 0 N–H and O–H groups in total. The third-order valence-corrected chi connectivity index (χ3v) is 6.49. The third kappa shape index (κ3) is 5.12. The second-order valence-electron chi connectivity index (χ2n) is 8.21. The van der Waals surface area contributed by atoms with Crippen LogP contribution in [0.2, 0.25) is 0 Å². The molecule has 1 nitrogen and oxygen atoms in total. The molecule has 1 aromatic rings. The molecule has 0 saturated heterocycles. The molecule has 0 bridgehead atoms. The van der Waals surface area contributed by atoms with Crippen LogP contribution < -0.4 is 4.74 Å². The number of aryl methyl sites for hydroxylation is 1. The van der Waals surface area contributed by atoms with E-state index in [9.17, 15) is 0 Å². The van der Waals surface area contributed by atoms with Crippen LogP contribution in [0.25, 0.3) is 0 Å². The Morgan fingerprint density at radius 3 is 2.64 bits per heavy atom. The zero-order chi connectivity index (χ0) is 17.5. The minimum atomic E-state index is 0.784. The van der Waals surface area contributed by atoms with E-state index in [0.29, 0.717) is 0 Å². The topological polar surface area (TPSA) is 9.23 Å². The molecule has 138 valence electrons. The molecule has 1 heteroatoms. The SMILES string of the molecule is CC=CCCOc1ccc2c(c1)CCC(C1CCC(CCC)CC1)C2. The van der Waals surface area contributed by atoms with Crippen molar-refractivity contribution in [2.75, 3.05) is 6.61 Å². The molecule has 0 amide bonds. The van der Waals surface area contributed by atoms with Gasteiger partial charge in [0.25, 0.3) is 0 Å². The van der Waals surface area contributed by atoms with Crippen molar-refractivity contribution in [1.82, 2.24) is 0 Å². The van der Waals surface area contributed by atoms with E-state index >= 15 is 0 Å². The van der Waals surface area contributed by atoms with Crippen LogP contribution >= 0.6 is 0 Å². The second-order valence-corrected chi connectivity index (χ2v) is 8.21. The summed E-state index contributed by atoms with van der Waals surface area (Å²) in [5, 5.41) is 0. The van der Waals surface area contributed by atoms with E-state index in [1.165, 1.54) is 57.8 Å². The lowest BCUT2D eigenvalue weighted by atomic mass is 9.69. The number of hydrogen-bond acceptors (Lipinski definition) is 1. The van der Waals surface area contributed by atoms with Gasteiger partial charge in [-0.2, -0.15) is 0 Å². The molecular formula is C24H36O. The standard InChI is InChI=1S/C24H36O/c1-3-5-6-16-25-24-15-14-22-17-21(12-13-23(22)18-24)20-10-8-19(7-4-2)9-11-20/h3,5,14-15,18-21H,4,6-13,16-17H2,1-2H3. The van der Waals surface area contributed by atoms with Crippen LogP contribution in [-0.4, -0.2) is 6.61 Å². The third-order valence-electron chi connectivity index (χ3n) is 6.49. The lowest BCUT2D eigenvalue weighted by molar-refractivity contribution is 0.184.